The number of carboxylic acids is 1. The molecule has 2 amide bonds. The molecule has 1 aromatic rings. The van der Waals surface area contributed by atoms with E-state index in [0.717, 1.165) is 0 Å². The largest absolute Gasteiger partial charge is 0.497 e. The van der Waals surface area contributed by atoms with Crippen molar-refractivity contribution >= 4 is 17.8 Å². The van der Waals surface area contributed by atoms with Crippen molar-refractivity contribution in [1.82, 2.24) is 5.06 Å². The third-order valence-electron chi connectivity index (χ3n) is 2.36. The van der Waals surface area contributed by atoms with Gasteiger partial charge in [0.2, 0.25) is 0 Å². The van der Waals surface area contributed by atoms with Crippen molar-refractivity contribution in [2.75, 3.05) is 7.11 Å². The van der Waals surface area contributed by atoms with Crippen LogP contribution in [0.15, 0.2) is 24.3 Å². The highest BCUT2D eigenvalue weighted by Gasteiger charge is 2.26. The van der Waals surface area contributed by atoms with Gasteiger partial charge in [-0.15, -0.1) is 0 Å². The number of benzene rings is 1. The number of nitrogens with zero attached hydrogens (tertiary/aromatic N) is 1. The zero-order valence-electron chi connectivity index (χ0n) is 10.2. The summed E-state index contributed by atoms with van der Waals surface area (Å²) in [7, 11) is 1.54. The Labute approximate surface area is 109 Å². The molecular weight excluding hydrogens is 254 g/mol. The van der Waals surface area contributed by atoms with Gasteiger partial charge < -0.3 is 9.84 Å². The Morgan fingerprint density at radius 1 is 1.16 bits per heavy atom. The highest BCUT2D eigenvalue weighted by atomic mass is 16.5. The number of imide groups is 1. The van der Waals surface area contributed by atoms with Crippen LogP contribution in [0, 0.1) is 0 Å². The van der Waals surface area contributed by atoms with Gasteiger partial charge >= 0.3 is 5.97 Å². The minimum Gasteiger partial charge on any atom is -0.497 e. The maximum Gasteiger partial charge on any atom is 0.335 e. The van der Waals surface area contributed by atoms with Gasteiger partial charge in [-0.2, -0.15) is 5.06 Å². The van der Waals surface area contributed by atoms with Crippen molar-refractivity contribution in [2.24, 2.45) is 0 Å². The molecule has 1 aromatic carbocycles. The van der Waals surface area contributed by atoms with Gasteiger partial charge in [0, 0.05) is 12.8 Å². The fraction of sp³-hybridized carbons (Fsp3) is 0.250. The number of ether oxygens (including phenoxy) is 1. The zero-order valence-corrected chi connectivity index (χ0v) is 10.2. The maximum atomic E-state index is 10.4. The summed E-state index contributed by atoms with van der Waals surface area (Å²) < 4.78 is 4.86. The van der Waals surface area contributed by atoms with Crippen LogP contribution < -0.4 is 4.74 Å². The van der Waals surface area contributed by atoms with Crippen molar-refractivity contribution in [1.29, 1.82) is 0 Å². The van der Waals surface area contributed by atoms with Crippen LogP contribution >= 0.6 is 0 Å². The van der Waals surface area contributed by atoms with E-state index < -0.39 is 17.8 Å². The number of hydrogen-bond donors (Lipinski definition) is 2. The number of hydroxylamine groups is 2. The predicted molar refractivity (Wildman–Crippen MR) is 62.8 cm³/mol. The molecule has 0 bridgehead atoms. The quantitative estimate of drug-likeness (QED) is 0.610. The number of methoxy groups -OCH3 is 1. The normalized spacial score (nSPS) is 13.9. The molecule has 1 aliphatic heterocycles. The Morgan fingerprint density at radius 2 is 1.63 bits per heavy atom. The van der Waals surface area contributed by atoms with E-state index in [1.165, 1.54) is 19.2 Å². The van der Waals surface area contributed by atoms with E-state index in [0.29, 0.717) is 5.75 Å². The fourth-order valence-corrected chi connectivity index (χ4v) is 1.30. The number of amides is 2. The van der Waals surface area contributed by atoms with Crippen LogP contribution in [0.3, 0.4) is 0 Å². The molecule has 1 fully saturated rings. The molecule has 0 unspecified atom stereocenters. The third kappa shape index (κ3) is 4.07. The van der Waals surface area contributed by atoms with Gasteiger partial charge in [0.05, 0.1) is 12.7 Å². The average Bonchev–Trinajstić information content (AvgIpc) is 2.71. The fourth-order valence-electron chi connectivity index (χ4n) is 1.30. The Hall–Kier alpha value is -2.41. The van der Waals surface area contributed by atoms with Gasteiger partial charge in [-0.25, -0.2) is 4.79 Å². The van der Waals surface area contributed by atoms with E-state index >= 15 is 0 Å². The predicted octanol–water partition coefficient (Wildman–Crippen LogP) is 0.918. The molecule has 2 N–H and O–H groups in total. The van der Waals surface area contributed by atoms with Crippen LogP contribution in [0.2, 0.25) is 0 Å². The van der Waals surface area contributed by atoms with E-state index in [-0.39, 0.29) is 23.5 Å². The number of carbonyl (C=O) groups is 3. The molecule has 7 heteroatoms. The summed E-state index contributed by atoms with van der Waals surface area (Å²) >= 11 is 0. The summed E-state index contributed by atoms with van der Waals surface area (Å²) in [6.07, 6.45) is 0.296. The van der Waals surface area contributed by atoms with Crippen molar-refractivity contribution in [3.8, 4) is 5.75 Å². The first-order valence-electron chi connectivity index (χ1n) is 5.37. The number of carboxylic acid groups (broad SMARTS) is 1. The Kier molecular flexibility index (Phi) is 5.01. The molecule has 7 nitrogen and oxygen atoms in total. The zero-order chi connectivity index (χ0) is 14.4. The molecule has 0 radical (unpaired) electrons. The summed E-state index contributed by atoms with van der Waals surface area (Å²) in [6.45, 7) is 0. The van der Waals surface area contributed by atoms with Crippen molar-refractivity contribution in [3.05, 3.63) is 29.8 Å². The van der Waals surface area contributed by atoms with Crippen LogP contribution in [-0.4, -0.2) is 40.3 Å². The summed E-state index contributed by atoms with van der Waals surface area (Å²) in [5.41, 5.74) is 0.269. The molecule has 1 heterocycles. The molecular formula is C12H13NO6. The first kappa shape index (κ1) is 14.7. The minimum absolute atomic E-state index is 0.148. The van der Waals surface area contributed by atoms with Crippen molar-refractivity contribution in [3.63, 3.8) is 0 Å². The lowest BCUT2D eigenvalue weighted by molar-refractivity contribution is -0.171. The van der Waals surface area contributed by atoms with Crippen LogP contribution in [0.5, 0.6) is 5.75 Å². The molecule has 0 atom stereocenters. The molecule has 0 aromatic heterocycles. The highest BCUT2D eigenvalue weighted by Crippen LogP contribution is 2.10. The van der Waals surface area contributed by atoms with Crippen LogP contribution in [0.1, 0.15) is 23.2 Å². The van der Waals surface area contributed by atoms with E-state index in [9.17, 15) is 14.4 Å². The second-order valence-corrected chi connectivity index (χ2v) is 3.63. The Balaban J connectivity index is 0.000000200. The minimum atomic E-state index is -0.923. The number of rotatable bonds is 2. The topological polar surface area (TPSA) is 104 Å². The molecule has 1 aliphatic rings. The van der Waals surface area contributed by atoms with Crippen LogP contribution in [0.25, 0.3) is 0 Å². The lowest BCUT2D eigenvalue weighted by atomic mass is 10.2. The summed E-state index contributed by atoms with van der Waals surface area (Å²) in [5.74, 6) is -1.27. The maximum absolute atomic E-state index is 10.4. The smallest absolute Gasteiger partial charge is 0.335 e. The second-order valence-electron chi connectivity index (χ2n) is 3.63. The monoisotopic (exact) mass is 267 g/mol. The van der Waals surface area contributed by atoms with Gasteiger partial charge in [-0.1, -0.05) is 0 Å². The van der Waals surface area contributed by atoms with Crippen LogP contribution in [-0.2, 0) is 9.59 Å². The van der Waals surface area contributed by atoms with E-state index in [1.807, 2.05) is 0 Å². The Morgan fingerprint density at radius 3 is 1.89 bits per heavy atom. The van der Waals surface area contributed by atoms with Gasteiger partial charge in [-0.05, 0) is 24.3 Å². The molecule has 1 saturated heterocycles. The molecule has 0 spiro atoms. The third-order valence-corrected chi connectivity index (χ3v) is 2.36. The Bertz CT molecular complexity index is 465. The summed E-state index contributed by atoms with van der Waals surface area (Å²) in [4.78, 5) is 30.8. The number of carbonyl (C=O) groups excluding carboxylic acids is 2. The molecule has 0 aliphatic carbocycles. The van der Waals surface area contributed by atoms with Crippen molar-refractivity contribution < 1.29 is 29.4 Å². The van der Waals surface area contributed by atoms with E-state index in [2.05, 4.69) is 0 Å². The van der Waals surface area contributed by atoms with Gasteiger partial charge in [0.15, 0.2) is 0 Å². The second kappa shape index (κ2) is 6.50. The number of aromatic carboxylic acids is 1. The van der Waals surface area contributed by atoms with Gasteiger partial charge in [0.1, 0.15) is 5.75 Å². The lowest BCUT2D eigenvalue weighted by Crippen LogP contribution is -2.24. The van der Waals surface area contributed by atoms with E-state index in [1.54, 1.807) is 12.1 Å². The highest BCUT2D eigenvalue weighted by molar-refractivity contribution is 6.00. The standard InChI is InChI=1S/C8H8O3.C4H5NO3/c1-11-7-4-2-6(3-5-7)8(9)10;6-3-1-2-4(7)5(3)8/h2-5H,1H3,(H,9,10);8H,1-2H2. The SMILES string of the molecule is COc1ccc(C(=O)O)cc1.O=C1CCC(=O)N1O. The first-order chi connectivity index (χ1) is 8.95. The van der Waals surface area contributed by atoms with Crippen LogP contribution in [0.4, 0.5) is 0 Å². The molecule has 0 saturated carbocycles. The summed E-state index contributed by atoms with van der Waals surface area (Å²) in [5, 5.41) is 17.1. The van der Waals surface area contributed by atoms with Gasteiger partial charge in [0.25, 0.3) is 11.8 Å². The lowest BCUT2D eigenvalue weighted by Gasteiger charge is -1.98. The molecule has 102 valence electrons. The number of hydrogen-bond acceptors (Lipinski definition) is 5. The first-order valence-corrected chi connectivity index (χ1v) is 5.37. The summed E-state index contributed by atoms with van der Waals surface area (Å²) in [6, 6.07) is 6.23. The molecule has 19 heavy (non-hydrogen) atoms. The van der Waals surface area contributed by atoms with Crippen molar-refractivity contribution in [2.45, 2.75) is 12.8 Å². The average molecular weight is 267 g/mol. The van der Waals surface area contributed by atoms with Gasteiger partial charge in [-0.3, -0.25) is 14.8 Å². The molecule has 2 rings (SSSR count). The van der Waals surface area contributed by atoms with E-state index in [4.69, 9.17) is 15.1 Å².